The third-order valence-electron chi connectivity index (χ3n) is 5.32. The van der Waals surface area contributed by atoms with Gasteiger partial charge in [-0.1, -0.05) is 78.9 Å². The minimum Gasteiger partial charge on any atom is -0.305 e. The van der Waals surface area contributed by atoms with Gasteiger partial charge in [0, 0.05) is 13.1 Å². The number of hydrogen-bond acceptors (Lipinski definition) is 2. The Morgan fingerprint density at radius 3 is 1.39 bits per heavy atom. The predicted molar refractivity (Wildman–Crippen MR) is 142 cm³/mol. The first-order chi connectivity index (χ1) is 14.7. The third-order valence-corrected chi connectivity index (χ3v) is 26.7. The number of hydrogen-bond donors (Lipinski definition) is 0. The fourth-order valence-corrected chi connectivity index (χ4v) is 19.5. The van der Waals surface area contributed by atoms with Crippen molar-refractivity contribution in [3.8, 4) is 0 Å². The van der Waals surface area contributed by atoms with E-state index in [1.54, 1.807) is 0 Å². The molecule has 0 aromatic heterocycles. The number of nitrogens with zero attached hydrogens (tertiary/aromatic N) is 2. The van der Waals surface area contributed by atoms with E-state index < -0.39 is 13.1 Å². The number of halogens is 3. The average Bonchev–Trinajstić information content (AvgIpc) is 2.73. The fourth-order valence-electron chi connectivity index (χ4n) is 4.00. The van der Waals surface area contributed by atoms with E-state index >= 15 is 0 Å². The van der Waals surface area contributed by atoms with Gasteiger partial charge in [-0.15, -0.1) is 22.2 Å². The molecule has 3 rings (SSSR count). The minimum absolute atomic E-state index is 0.778. The van der Waals surface area contributed by atoms with E-state index in [-0.39, 0.29) is 0 Å². The smallest absolute Gasteiger partial charge is 0.295 e. The molecule has 0 aliphatic heterocycles. The number of benzene rings is 3. The second-order valence-corrected chi connectivity index (χ2v) is 25.5. The molecular formula is C24H29Cl3N2Si2. The molecule has 0 saturated heterocycles. The van der Waals surface area contributed by atoms with Crippen molar-refractivity contribution in [2.24, 2.45) is 0 Å². The van der Waals surface area contributed by atoms with Crippen LogP contribution in [0.2, 0.25) is 0 Å². The van der Waals surface area contributed by atoms with Gasteiger partial charge in [-0.25, -0.2) is 0 Å². The van der Waals surface area contributed by atoms with Crippen LogP contribution in [0.1, 0.15) is 11.1 Å². The molecule has 0 N–H and O–H groups in total. The van der Waals surface area contributed by atoms with E-state index in [2.05, 4.69) is 86.5 Å². The molecular weight excluding hydrogens is 479 g/mol. The van der Waals surface area contributed by atoms with Gasteiger partial charge in [-0.3, -0.25) is 0 Å². The largest absolute Gasteiger partial charge is 0.305 e. The van der Waals surface area contributed by atoms with Gasteiger partial charge in [0.2, 0.25) is 6.90 Å². The summed E-state index contributed by atoms with van der Waals surface area (Å²) in [6.45, 7) is -1.55. The first-order valence-electron chi connectivity index (χ1n) is 10.3. The summed E-state index contributed by atoms with van der Waals surface area (Å²) in [5.41, 5.74) is 2.37. The maximum absolute atomic E-state index is 7.89. The highest BCUT2D eigenvalue weighted by molar-refractivity contribution is 7.91. The lowest BCUT2D eigenvalue weighted by Gasteiger charge is -2.38. The van der Waals surface area contributed by atoms with Gasteiger partial charge >= 0.3 is 0 Å². The molecule has 0 spiro atoms. The average molecular weight is 508 g/mol. The Balaban J connectivity index is 2.35. The molecule has 0 aliphatic rings. The highest BCUT2D eigenvalue weighted by Crippen LogP contribution is 2.32. The molecule has 0 fully saturated rings. The molecule has 3 aromatic rings. The molecule has 0 heterocycles. The summed E-state index contributed by atoms with van der Waals surface area (Å²) in [5, 5.41) is 3.17. The Labute approximate surface area is 202 Å². The van der Waals surface area contributed by atoms with Crippen LogP contribution in [-0.4, -0.2) is 51.1 Å². The van der Waals surface area contributed by atoms with Crippen LogP contribution in [0.4, 0.5) is 0 Å². The summed E-state index contributed by atoms with van der Waals surface area (Å²) < 4.78 is 0. The summed E-state index contributed by atoms with van der Waals surface area (Å²) in [5.74, 6) is 0. The highest BCUT2D eigenvalue weighted by atomic mass is 35.7. The second kappa shape index (κ2) is 10.2. The van der Waals surface area contributed by atoms with Crippen LogP contribution in [0.15, 0.2) is 78.9 Å². The Bertz CT molecular complexity index is 957. The van der Waals surface area contributed by atoms with Crippen LogP contribution in [0.25, 0.3) is 0 Å². The molecule has 0 unspecified atom stereocenters. The molecule has 0 aliphatic carbocycles. The van der Waals surface area contributed by atoms with Crippen LogP contribution in [-0.2, 0) is 13.1 Å². The van der Waals surface area contributed by atoms with Gasteiger partial charge in [-0.2, -0.15) is 11.1 Å². The Hall–Kier alpha value is -1.12. The molecule has 2 nitrogen and oxygen atoms in total. The first-order valence-corrected chi connectivity index (χ1v) is 18.3. The molecule has 0 amide bonds. The molecule has 0 bridgehead atoms. The van der Waals surface area contributed by atoms with Gasteiger partial charge in [0.25, 0.3) is 6.21 Å². The number of rotatable bonds is 8. The normalized spacial score (nSPS) is 12.5. The summed E-state index contributed by atoms with van der Waals surface area (Å²) >= 11 is 22.8. The van der Waals surface area contributed by atoms with Crippen LogP contribution < -0.4 is 15.6 Å². The van der Waals surface area contributed by atoms with Gasteiger partial charge in [-0.05, 0) is 54.9 Å². The fraction of sp³-hybridized carbons (Fsp3) is 0.250. The van der Waals surface area contributed by atoms with Crippen molar-refractivity contribution in [3.05, 3.63) is 90.0 Å². The predicted octanol–water partition coefficient (Wildman–Crippen LogP) is 4.01. The van der Waals surface area contributed by atoms with Crippen molar-refractivity contribution in [3.63, 3.8) is 0 Å². The standard InChI is InChI=1S/C24H29Cl3N2Si2/c1-28(2)18-20-12-8-10-16-23(20)30(25,31(26,27)22-14-6-5-7-15-22)24-17-11-9-13-21(24)19-29(3)4/h5-17H,18-19H2,1-4H3. The monoisotopic (exact) mass is 506 g/mol. The van der Waals surface area contributed by atoms with E-state index in [1.807, 2.05) is 30.3 Å². The second-order valence-electron chi connectivity index (χ2n) is 8.39. The van der Waals surface area contributed by atoms with Crippen molar-refractivity contribution in [1.29, 1.82) is 0 Å². The Morgan fingerprint density at radius 1 is 0.581 bits per heavy atom. The van der Waals surface area contributed by atoms with E-state index in [0.717, 1.165) is 28.6 Å². The summed E-state index contributed by atoms with van der Waals surface area (Å²) in [6.07, 6.45) is -3.17. The summed E-state index contributed by atoms with van der Waals surface area (Å²) in [6, 6.07) is 26.8. The van der Waals surface area contributed by atoms with Gasteiger partial charge < -0.3 is 9.80 Å². The lowest BCUT2D eigenvalue weighted by molar-refractivity contribution is 0.403. The van der Waals surface area contributed by atoms with Crippen molar-refractivity contribution < 1.29 is 0 Å². The van der Waals surface area contributed by atoms with Crippen LogP contribution in [0, 0.1) is 0 Å². The third kappa shape index (κ3) is 5.12. The quantitative estimate of drug-likeness (QED) is 0.336. The van der Waals surface area contributed by atoms with E-state index in [1.165, 1.54) is 11.1 Å². The maximum Gasteiger partial charge on any atom is 0.295 e. The van der Waals surface area contributed by atoms with Crippen molar-refractivity contribution in [1.82, 2.24) is 9.80 Å². The first kappa shape index (κ1) is 24.5. The topological polar surface area (TPSA) is 6.48 Å². The van der Waals surface area contributed by atoms with Gasteiger partial charge in [0.1, 0.15) is 0 Å². The molecule has 0 radical (unpaired) electrons. The maximum atomic E-state index is 7.89. The van der Waals surface area contributed by atoms with E-state index in [9.17, 15) is 0 Å². The van der Waals surface area contributed by atoms with E-state index in [4.69, 9.17) is 33.2 Å². The molecule has 0 atom stereocenters. The van der Waals surface area contributed by atoms with Gasteiger partial charge in [0.15, 0.2) is 0 Å². The lowest BCUT2D eigenvalue weighted by Crippen LogP contribution is -2.74. The molecule has 3 aromatic carbocycles. The molecule has 0 saturated carbocycles. The molecule has 164 valence electrons. The van der Waals surface area contributed by atoms with Crippen LogP contribution in [0.5, 0.6) is 0 Å². The van der Waals surface area contributed by atoms with Crippen molar-refractivity contribution >= 4 is 61.9 Å². The summed E-state index contributed by atoms with van der Waals surface area (Å²) in [4.78, 5) is 4.31. The van der Waals surface area contributed by atoms with Crippen LogP contribution >= 0.6 is 33.2 Å². The molecule has 31 heavy (non-hydrogen) atoms. The van der Waals surface area contributed by atoms with Crippen molar-refractivity contribution in [2.75, 3.05) is 28.2 Å². The summed E-state index contributed by atoms with van der Waals surface area (Å²) in [7, 11) is 8.27. The van der Waals surface area contributed by atoms with Crippen LogP contribution in [0.3, 0.4) is 0 Å². The SMILES string of the molecule is CN(C)Cc1ccccc1[Si](Cl)(c1ccccc1CN(C)C)[Si](Cl)(Cl)c1ccccc1. The lowest BCUT2D eigenvalue weighted by atomic mass is 10.2. The van der Waals surface area contributed by atoms with Gasteiger partial charge in [0.05, 0.1) is 0 Å². The zero-order chi connectivity index (χ0) is 22.6. The minimum atomic E-state index is -3.17. The Kier molecular flexibility index (Phi) is 8.08. The van der Waals surface area contributed by atoms with E-state index in [0.29, 0.717) is 0 Å². The zero-order valence-electron chi connectivity index (χ0n) is 18.4. The molecule has 7 heteroatoms. The zero-order valence-corrected chi connectivity index (χ0v) is 22.7. The Morgan fingerprint density at radius 2 is 0.968 bits per heavy atom. The highest BCUT2D eigenvalue weighted by Gasteiger charge is 2.59. The van der Waals surface area contributed by atoms with Crippen molar-refractivity contribution in [2.45, 2.75) is 13.1 Å².